The van der Waals surface area contributed by atoms with E-state index in [2.05, 4.69) is 25.9 Å². The molecule has 6 heterocycles. The minimum absolute atomic E-state index is 0. The number of aromatic nitrogens is 4. The number of aliphatic carboxylic acids is 2. The number of carbonyl (C=O) groups excluding carboxylic acids is 3. The first-order valence-electron chi connectivity index (χ1n) is 23.3. The molecule has 2 saturated heterocycles. The molecule has 2 aromatic heterocycles. The first-order chi connectivity index (χ1) is 33.4. The molecule has 0 bridgehead atoms. The standard InChI is InChI=1S/C24H31N3O6.C22H28BrN3O4.2C2H4O2.Pd/c1-14(2)33-19-12-17-15(11-18(19)30-5)7-8-16-20(25-21(27(16)17)23(29)31-6)22(28)26-9-10-32-13-24(26,3)4;1-13(2)30-18-11-16-14(10-17(18)28-5)6-7-15-19(24-21(23)26(15)16)20(27)25-8-9-29-12-22(25,3)4;2*1-2(3)4;/h11-12,14H,7-10,13H2,1-6H3;10-11,13H,6-9,12H2,1-5H3;2*1H3,(H,3,4);. The van der Waals surface area contributed by atoms with Crippen molar-refractivity contribution < 1.29 is 87.8 Å². The number of carboxylic acids is 2. The molecule has 20 nitrogen and oxygen atoms in total. The second-order valence-electron chi connectivity index (χ2n) is 18.8. The summed E-state index contributed by atoms with van der Waals surface area (Å²) >= 11 is 3.59. The summed E-state index contributed by atoms with van der Waals surface area (Å²) in [5.41, 5.74) is 5.36. The molecule has 4 aliphatic heterocycles. The number of hydrogen-bond donors (Lipinski definition) is 2. The number of methoxy groups -OCH3 is 3. The van der Waals surface area contributed by atoms with Crippen LogP contribution in [0.1, 0.15) is 123 Å². The van der Waals surface area contributed by atoms with Crippen LogP contribution in [0.15, 0.2) is 29.0 Å². The third-order valence-electron chi connectivity index (χ3n) is 11.7. The number of benzene rings is 2. The summed E-state index contributed by atoms with van der Waals surface area (Å²) in [6.45, 7) is 21.0. The first kappa shape index (κ1) is 59.0. The van der Waals surface area contributed by atoms with Gasteiger partial charge in [0, 0.05) is 59.5 Å². The van der Waals surface area contributed by atoms with E-state index in [0.29, 0.717) is 91.5 Å². The van der Waals surface area contributed by atoms with Crippen LogP contribution in [-0.2, 0) is 69.9 Å². The number of carboxylic acid groups (broad SMARTS) is 2. The Morgan fingerprint density at radius 1 is 0.639 bits per heavy atom. The molecule has 22 heteroatoms. The molecule has 2 amide bonds. The number of imidazole rings is 2. The van der Waals surface area contributed by atoms with Crippen LogP contribution in [0.5, 0.6) is 23.0 Å². The third kappa shape index (κ3) is 13.5. The SMILES string of the molecule is CC(=O)O.CC(=O)O.COC(=O)c1nc(C(=O)N2CCOCC2(C)C)c2n1-c1cc(OC(C)C)c(OC)cc1CC2.COc1cc2c(cc1OC(C)C)-n1c(Br)nc(C(=O)N3CCOCC3(C)C)c1CC2.[Pd]. The molecular formula is C50H67BrN6O14Pd. The average Bonchev–Trinajstić information content (AvgIpc) is 3.85. The maximum atomic E-state index is 13.6. The number of morpholine rings is 2. The maximum Gasteiger partial charge on any atom is 0.374 e. The van der Waals surface area contributed by atoms with Gasteiger partial charge in [0.15, 0.2) is 39.1 Å². The van der Waals surface area contributed by atoms with Gasteiger partial charge in [0.25, 0.3) is 23.8 Å². The van der Waals surface area contributed by atoms with Crippen LogP contribution < -0.4 is 18.9 Å². The van der Waals surface area contributed by atoms with E-state index >= 15 is 0 Å². The Bertz CT molecular complexity index is 2610. The Hall–Kier alpha value is -5.53. The van der Waals surface area contributed by atoms with E-state index in [0.717, 1.165) is 54.9 Å². The fourth-order valence-electron chi connectivity index (χ4n) is 8.66. The molecule has 72 heavy (non-hydrogen) atoms. The number of hydrogen-bond acceptors (Lipinski definition) is 14. The molecule has 2 N–H and O–H groups in total. The van der Waals surface area contributed by atoms with Crippen LogP contribution in [0, 0.1) is 0 Å². The zero-order chi connectivity index (χ0) is 52.7. The molecule has 4 aromatic rings. The van der Waals surface area contributed by atoms with Gasteiger partial charge >= 0.3 is 5.97 Å². The molecule has 0 aliphatic carbocycles. The van der Waals surface area contributed by atoms with Gasteiger partial charge in [-0.05, 0) is 120 Å². The summed E-state index contributed by atoms with van der Waals surface area (Å²) in [4.78, 5) is 70.6. The van der Waals surface area contributed by atoms with E-state index in [1.807, 2.05) is 89.1 Å². The molecule has 0 radical (unpaired) electrons. The van der Waals surface area contributed by atoms with Crippen LogP contribution in [-0.4, -0.2) is 153 Å². The molecule has 4 aliphatic rings. The van der Waals surface area contributed by atoms with Gasteiger partial charge in [-0.15, -0.1) is 0 Å². The fraction of sp³-hybridized carbons (Fsp3) is 0.540. The summed E-state index contributed by atoms with van der Waals surface area (Å²) in [5.74, 6) is 0.124. The molecule has 0 spiro atoms. The number of aryl methyl sites for hydroxylation is 2. The van der Waals surface area contributed by atoms with Crippen molar-refractivity contribution in [1.82, 2.24) is 28.9 Å². The predicted octanol–water partition coefficient (Wildman–Crippen LogP) is 6.76. The van der Waals surface area contributed by atoms with Crippen LogP contribution in [0.25, 0.3) is 11.4 Å². The van der Waals surface area contributed by atoms with E-state index in [4.69, 9.17) is 53.0 Å². The van der Waals surface area contributed by atoms with Gasteiger partial charge in [-0.1, -0.05) is 0 Å². The van der Waals surface area contributed by atoms with Gasteiger partial charge < -0.3 is 53.2 Å². The predicted molar refractivity (Wildman–Crippen MR) is 264 cm³/mol. The van der Waals surface area contributed by atoms with Gasteiger partial charge in [-0.3, -0.25) is 28.3 Å². The van der Waals surface area contributed by atoms with E-state index in [1.165, 1.54) is 7.11 Å². The monoisotopic (exact) mass is 1160 g/mol. The van der Waals surface area contributed by atoms with Crippen LogP contribution in [0.2, 0.25) is 0 Å². The summed E-state index contributed by atoms with van der Waals surface area (Å²) in [7, 11) is 4.56. The third-order valence-corrected chi connectivity index (χ3v) is 12.2. The number of ether oxygens (including phenoxy) is 7. The van der Waals surface area contributed by atoms with Crippen molar-refractivity contribution in [3.63, 3.8) is 0 Å². The smallest absolute Gasteiger partial charge is 0.374 e. The number of nitrogens with zero attached hydrogens (tertiary/aromatic N) is 6. The summed E-state index contributed by atoms with van der Waals surface area (Å²) in [6, 6.07) is 7.77. The van der Waals surface area contributed by atoms with E-state index in [-0.39, 0.29) is 61.5 Å². The number of amides is 2. The number of halogens is 1. The summed E-state index contributed by atoms with van der Waals surface area (Å²) in [5, 5.41) is 14.8. The van der Waals surface area contributed by atoms with Crippen LogP contribution in [0.4, 0.5) is 0 Å². The molecule has 2 aromatic carbocycles. The van der Waals surface area contributed by atoms with E-state index in [1.54, 1.807) is 23.7 Å². The topological polar surface area (TPSA) is 233 Å². The number of fused-ring (bicyclic) bond motifs is 6. The Balaban J connectivity index is 0.000000270. The minimum atomic E-state index is -0.833. The molecule has 2 fully saturated rings. The Morgan fingerprint density at radius 2 is 1.03 bits per heavy atom. The van der Waals surface area contributed by atoms with Crippen molar-refractivity contribution in [3.8, 4) is 34.4 Å². The molecular weight excluding hydrogens is 1090 g/mol. The van der Waals surface area contributed by atoms with Crippen molar-refractivity contribution >= 4 is 45.7 Å². The number of esters is 1. The Morgan fingerprint density at radius 3 is 1.40 bits per heavy atom. The number of rotatable bonds is 9. The van der Waals surface area contributed by atoms with Crippen LogP contribution in [0.3, 0.4) is 0 Å². The molecule has 8 rings (SSSR count). The van der Waals surface area contributed by atoms with Gasteiger partial charge in [0.05, 0.1) is 93.8 Å². The molecule has 0 atom stereocenters. The Labute approximate surface area is 442 Å². The van der Waals surface area contributed by atoms with Crippen molar-refractivity contribution in [3.05, 3.63) is 68.7 Å². The number of carbonyl (C=O) groups is 5. The zero-order valence-corrected chi connectivity index (χ0v) is 46.3. The van der Waals surface area contributed by atoms with Crippen LogP contribution >= 0.6 is 15.9 Å². The van der Waals surface area contributed by atoms with Gasteiger partial charge in [0.2, 0.25) is 5.82 Å². The minimum Gasteiger partial charge on any atom is -0.493 e. The fourth-order valence-corrected chi connectivity index (χ4v) is 9.24. The van der Waals surface area contributed by atoms with Crippen molar-refractivity contribution in [2.75, 3.05) is 60.8 Å². The Kier molecular flexibility index (Phi) is 20.4. The van der Waals surface area contributed by atoms with E-state index in [9.17, 15) is 14.4 Å². The second-order valence-corrected chi connectivity index (χ2v) is 19.6. The van der Waals surface area contributed by atoms with Crippen molar-refractivity contribution in [1.29, 1.82) is 0 Å². The van der Waals surface area contributed by atoms with Gasteiger partial charge in [-0.25, -0.2) is 14.8 Å². The summed E-state index contributed by atoms with van der Waals surface area (Å²) in [6.07, 6.45) is 2.71. The first-order valence-corrected chi connectivity index (χ1v) is 24.1. The van der Waals surface area contributed by atoms with Crippen molar-refractivity contribution in [2.45, 2.75) is 118 Å². The quantitative estimate of drug-likeness (QED) is 0.130. The van der Waals surface area contributed by atoms with Gasteiger partial charge in [-0.2, -0.15) is 0 Å². The largest absolute Gasteiger partial charge is 0.493 e. The normalized spacial score (nSPS) is 15.7. The van der Waals surface area contributed by atoms with Crippen molar-refractivity contribution in [2.24, 2.45) is 0 Å². The van der Waals surface area contributed by atoms with Gasteiger partial charge in [0.1, 0.15) is 0 Å². The zero-order valence-electron chi connectivity index (χ0n) is 43.2. The molecule has 0 unspecified atom stereocenters. The average molecular weight is 1160 g/mol. The van der Waals surface area contributed by atoms with E-state index < -0.39 is 23.4 Å². The maximum absolute atomic E-state index is 13.6. The molecule has 398 valence electrons. The second kappa shape index (κ2) is 24.9. The summed E-state index contributed by atoms with van der Waals surface area (Å²) < 4.78 is 43.5. The molecule has 0 saturated carbocycles.